The van der Waals surface area contributed by atoms with Crippen molar-refractivity contribution in [3.8, 4) is 0 Å². The molecule has 1 unspecified atom stereocenters. The summed E-state index contributed by atoms with van der Waals surface area (Å²) in [5.41, 5.74) is 3.73. The van der Waals surface area contributed by atoms with Gasteiger partial charge >= 0.3 is 0 Å². The number of pyridine rings is 1. The molecule has 4 heteroatoms. The Hall–Kier alpha value is -2.20. The molecule has 0 radical (unpaired) electrons. The van der Waals surface area contributed by atoms with Crippen LogP contribution in [0, 0.1) is 13.8 Å². The second kappa shape index (κ2) is 6.28. The van der Waals surface area contributed by atoms with Gasteiger partial charge in [-0.05, 0) is 31.5 Å². The minimum Gasteiger partial charge on any atom is -0.335 e. The Morgan fingerprint density at radius 3 is 2.55 bits per heavy atom. The second-order valence-electron chi connectivity index (χ2n) is 5.81. The number of nitrogens with one attached hydrogen (secondary N) is 1. The van der Waals surface area contributed by atoms with Crippen molar-refractivity contribution < 1.29 is 4.79 Å². The zero-order chi connectivity index (χ0) is 15.5. The normalized spacial score (nSPS) is 18.3. The smallest absolute Gasteiger partial charge is 0.254 e. The van der Waals surface area contributed by atoms with Crippen molar-refractivity contribution in [2.24, 2.45) is 0 Å². The zero-order valence-electron chi connectivity index (χ0n) is 13.0. The molecule has 1 saturated heterocycles. The number of nitrogens with zero attached hydrogens (tertiary/aromatic N) is 2. The molecule has 1 fully saturated rings. The van der Waals surface area contributed by atoms with Crippen LogP contribution in [-0.4, -0.2) is 35.4 Å². The predicted molar refractivity (Wildman–Crippen MR) is 86.8 cm³/mol. The van der Waals surface area contributed by atoms with E-state index in [-0.39, 0.29) is 11.9 Å². The van der Waals surface area contributed by atoms with Crippen LogP contribution in [0.15, 0.2) is 42.5 Å². The van der Waals surface area contributed by atoms with Crippen molar-refractivity contribution in [1.82, 2.24) is 15.2 Å². The lowest BCUT2D eigenvalue weighted by atomic mass is 10.0. The zero-order valence-corrected chi connectivity index (χ0v) is 13.0. The van der Waals surface area contributed by atoms with Gasteiger partial charge in [-0.15, -0.1) is 0 Å². The van der Waals surface area contributed by atoms with Crippen molar-refractivity contribution in [1.29, 1.82) is 0 Å². The van der Waals surface area contributed by atoms with Crippen LogP contribution < -0.4 is 5.32 Å². The maximum Gasteiger partial charge on any atom is 0.254 e. The number of amides is 1. The van der Waals surface area contributed by atoms with Gasteiger partial charge < -0.3 is 10.2 Å². The van der Waals surface area contributed by atoms with Crippen molar-refractivity contribution in [2.75, 3.05) is 19.6 Å². The summed E-state index contributed by atoms with van der Waals surface area (Å²) in [5, 5.41) is 3.49. The standard InChI is InChI=1S/C18H21N3O/c1-13-10-16(11-14(2)20-13)18(22)21-9-8-19-17(12-21)15-6-4-3-5-7-15/h3-7,10-11,17,19H,8-9,12H2,1-2H3. The highest BCUT2D eigenvalue weighted by atomic mass is 16.2. The number of hydrogen-bond acceptors (Lipinski definition) is 3. The third-order valence-electron chi connectivity index (χ3n) is 3.99. The Morgan fingerprint density at radius 1 is 1.18 bits per heavy atom. The molecule has 4 nitrogen and oxygen atoms in total. The first-order chi connectivity index (χ1) is 10.6. The van der Waals surface area contributed by atoms with Gasteiger partial charge in [0.1, 0.15) is 0 Å². The monoisotopic (exact) mass is 295 g/mol. The van der Waals surface area contributed by atoms with Gasteiger partial charge in [0.15, 0.2) is 0 Å². The highest BCUT2D eigenvalue weighted by Gasteiger charge is 2.25. The van der Waals surface area contributed by atoms with E-state index in [1.165, 1.54) is 5.56 Å². The van der Waals surface area contributed by atoms with Crippen molar-refractivity contribution in [3.05, 3.63) is 65.0 Å². The molecule has 2 heterocycles. The first-order valence-electron chi connectivity index (χ1n) is 7.66. The van der Waals surface area contributed by atoms with Gasteiger partial charge in [-0.3, -0.25) is 9.78 Å². The first-order valence-corrected chi connectivity index (χ1v) is 7.66. The fraction of sp³-hybridized carbons (Fsp3) is 0.333. The van der Waals surface area contributed by atoms with E-state index in [2.05, 4.69) is 22.4 Å². The van der Waals surface area contributed by atoms with E-state index in [0.29, 0.717) is 6.54 Å². The lowest BCUT2D eigenvalue weighted by molar-refractivity contribution is 0.0702. The molecular formula is C18H21N3O. The summed E-state index contributed by atoms with van der Waals surface area (Å²) >= 11 is 0. The molecular weight excluding hydrogens is 274 g/mol. The molecule has 0 bridgehead atoms. The van der Waals surface area contributed by atoms with E-state index in [0.717, 1.165) is 30.0 Å². The Bertz CT molecular complexity index is 649. The quantitative estimate of drug-likeness (QED) is 0.926. The van der Waals surface area contributed by atoms with Gasteiger partial charge in [-0.25, -0.2) is 0 Å². The number of piperazine rings is 1. The molecule has 1 atom stereocenters. The Balaban J connectivity index is 1.78. The van der Waals surface area contributed by atoms with Crippen LogP contribution in [-0.2, 0) is 0 Å². The molecule has 1 aromatic carbocycles. The van der Waals surface area contributed by atoms with Gasteiger partial charge in [0.05, 0.1) is 0 Å². The van der Waals surface area contributed by atoms with Crippen LogP contribution in [0.5, 0.6) is 0 Å². The number of carbonyl (C=O) groups is 1. The van der Waals surface area contributed by atoms with E-state index in [1.54, 1.807) is 0 Å². The van der Waals surface area contributed by atoms with Gasteiger partial charge in [0.2, 0.25) is 0 Å². The third-order valence-corrected chi connectivity index (χ3v) is 3.99. The van der Waals surface area contributed by atoms with E-state index in [1.807, 2.05) is 49.1 Å². The highest BCUT2D eigenvalue weighted by molar-refractivity contribution is 5.94. The summed E-state index contributed by atoms with van der Waals surface area (Å²) in [5.74, 6) is 0.0935. The van der Waals surface area contributed by atoms with Gasteiger partial charge in [0, 0.05) is 42.6 Å². The predicted octanol–water partition coefficient (Wildman–Crippen LogP) is 2.49. The third kappa shape index (κ3) is 3.17. The molecule has 0 saturated carbocycles. The Labute approximate surface area is 131 Å². The molecule has 1 aliphatic heterocycles. The van der Waals surface area contributed by atoms with Crippen LogP contribution in [0.25, 0.3) is 0 Å². The average Bonchev–Trinajstić information content (AvgIpc) is 2.54. The minimum atomic E-state index is 0.0935. The first kappa shape index (κ1) is 14.7. The number of carbonyl (C=O) groups excluding carboxylic acids is 1. The Kier molecular flexibility index (Phi) is 4.20. The van der Waals surface area contributed by atoms with Crippen LogP contribution in [0.3, 0.4) is 0 Å². The van der Waals surface area contributed by atoms with E-state index in [4.69, 9.17) is 0 Å². The molecule has 1 aromatic heterocycles. The molecule has 114 valence electrons. The maximum atomic E-state index is 12.8. The van der Waals surface area contributed by atoms with Gasteiger partial charge in [-0.2, -0.15) is 0 Å². The lowest BCUT2D eigenvalue weighted by Gasteiger charge is -2.34. The van der Waals surface area contributed by atoms with Gasteiger partial charge in [-0.1, -0.05) is 30.3 Å². The summed E-state index contributed by atoms with van der Waals surface area (Å²) in [4.78, 5) is 19.0. The maximum absolute atomic E-state index is 12.8. The van der Waals surface area contributed by atoms with E-state index < -0.39 is 0 Å². The van der Waals surface area contributed by atoms with E-state index in [9.17, 15) is 4.79 Å². The fourth-order valence-corrected chi connectivity index (χ4v) is 2.98. The minimum absolute atomic E-state index is 0.0935. The van der Waals surface area contributed by atoms with Crippen LogP contribution in [0.4, 0.5) is 0 Å². The van der Waals surface area contributed by atoms with Crippen LogP contribution in [0.2, 0.25) is 0 Å². The fourth-order valence-electron chi connectivity index (χ4n) is 2.98. The SMILES string of the molecule is Cc1cc(C(=O)N2CCNC(c3ccccc3)C2)cc(C)n1. The van der Waals surface area contributed by atoms with E-state index >= 15 is 0 Å². The second-order valence-corrected chi connectivity index (χ2v) is 5.81. The van der Waals surface area contributed by atoms with Crippen molar-refractivity contribution in [2.45, 2.75) is 19.9 Å². The van der Waals surface area contributed by atoms with Crippen LogP contribution in [0.1, 0.15) is 33.4 Å². The summed E-state index contributed by atoms with van der Waals surface area (Å²) in [6.45, 7) is 6.10. The Morgan fingerprint density at radius 2 is 1.86 bits per heavy atom. The molecule has 0 aliphatic carbocycles. The summed E-state index contributed by atoms with van der Waals surface area (Å²) < 4.78 is 0. The van der Waals surface area contributed by atoms with Crippen LogP contribution >= 0.6 is 0 Å². The summed E-state index contributed by atoms with van der Waals surface area (Å²) in [7, 11) is 0. The molecule has 1 N–H and O–H groups in total. The number of rotatable bonds is 2. The number of aryl methyl sites for hydroxylation is 2. The van der Waals surface area contributed by atoms with Gasteiger partial charge in [0.25, 0.3) is 5.91 Å². The molecule has 1 aliphatic rings. The molecule has 22 heavy (non-hydrogen) atoms. The summed E-state index contributed by atoms with van der Waals surface area (Å²) in [6, 6.07) is 14.2. The average molecular weight is 295 g/mol. The topological polar surface area (TPSA) is 45.2 Å². The summed E-state index contributed by atoms with van der Waals surface area (Å²) in [6.07, 6.45) is 0. The lowest BCUT2D eigenvalue weighted by Crippen LogP contribution is -2.48. The van der Waals surface area contributed by atoms with Crippen molar-refractivity contribution >= 4 is 5.91 Å². The molecule has 2 aromatic rings. The molecule has 3 rings (SSSR count). The number of aromatic nitrogens is 1. The highest BCUT2D eigenvalue weighted by Crippen LogP contribution is 2.19. The molecule has 1 amide bonds. The number of benzene rings is 1. The largest absolute Gasteiger partial charge is 0.335 e. The number of hydrogen-bond donors (Lipinski definition) is 1. The molecule has 0 spiro atoms. The van der Waals surface area contributed by atoms with Crippen molar-refractivity contribution in [3.63, 3.8) is 0 Å².